The molecular formula is C10H11N3O. The molecule has 1 amide bonds. The third-order valence-electron chi connectivity index (χ3n) is 1.48. The Hall–Kier alpha value is -2.10. The monoisotopic (exact) mass is 189 g/mol. The summed E-state index contributed by atoms with van der Waals surface area (Å²) in [5.74, 6) is -0.755. The first-order valence-corrected chi connectivity index (χ1v) is 4.06. The number of carbonyl (C=O) groups is 1. The standard InChI is InChI=1S/C10H11N3O/c11-10(12)13-9(14)7-6-8-4-2-1-3-5-8/h1-7H,(H4,11,12,13,14)/b7-6+. The van der Waals surface area contributed by atoms with Crippen molar-refractivity contribution in [1.29, 1.82) is 5.41 Å². The lowest BCUT2D eigenvalue weighted by Gasteiger charge is -1.96. The highest BCUT2D eigenvalue weighted by Crippen LogP contribution is 2.00. The molecule has 0 saturated heterocycles. The Kier molecular flexibility index (Phi) is 3.43. The molecule has 1 aromatic carbocycles. The second-order valence-corrected chi connectivity index (χ2v) is 2.65. The molecule has 1 aromatic rings. The number of guanidine groups is 1. The summed E-state index contributed by atoms with van der Waals surface area (Å²) in [6.45, 7) is 0. The van der Waals surface area contributed by atoms with Crippen LogP contribution in [0.4, 0.5) is 0 Å². The van der Waals surface area contributed by atoms with Crippen molar-refractivity contribution < 1.29 is 4.79 Å². The Bertz CT molecular complexity index is 357. The number of carbonyl (C=O) groups excluding carboxylic acids is 1. The van der Waals surface area contributed by atoms with Crippen molar-refractivity contribution in [2.45, 2.75) is 0 Å². The number of benzene rings is 1. The molecule has 4 heteroatoms. The number of amides is 1. The van der Waals surface area contributed by atoms with Gasteiger partial charge in [0.05, 0.1) is 0 Å². The van der Waals surface area contributed by atoms with Gasteiger partial charge in [0.2, 0.25) is 0 Å². The van der Waals surface area contributed by atoms with Gasteiger partial charge in [-0.3, -0.25) is 15.5 Å². The molecule has 0 unspecified atom stereocenters. The first-order chi connectivity index (χ1) is 6.68. The molecule has 0 fully saturated rings. The van der Waals surface area contributed by atoms with Crippen molar-refractivity contribution >= 4 is 17.9 Å². The zero-order valence-electron chi connectivity index (χ0n) is 7.53. The van der Waals surface area contributed by atoms with Gasteiger partial charge in [-0.05, 0) is 11.6 Å². The molecule has 4 N–H and O–H groups in total. The predicted molar refractivity (Wildman–Crippen MR) is 55.5 cm³/mol. The minimum atomic E-state index is -0.402. The van der Waals surface area contributed by atoms with Gasteiger partial charge in [0.15, 0.2) is 5.96 Å². The van der Waals surface area contributed by atoms with Crippen molar-refractivity contribution in [3.8, 4) is 0 Å². The van der Waals surface area contributed by atoms with E-state index in [-0.39, 0.29) is 5.96 Å². The SMILES string of the molecule is N=C(N)NC(=O)/C=C/c1ccccc1. The van der Waals surface area contributed by atoms with Crippen molar-refractivity contribution in [2.75, 3.05) is 0 Å². The molecule has 0 aliphatic rings. The van der Waals surface area contributed by atoms with Gasteiger partial charge in [0.25, 0.3) is 5.91 Å². The lowest BCUT2D eigenvalue weighted by Crippen LogP contribution is -2.34. The van der Waals surface area contributed by atoms with E-state index in [4.69, 9.17) is 11.1 Å². The van der Waals surface area contributed by atoms with Crippen LogP contribution >= 0.6 is 0 Å². The van der Waals surface area contributed by atoms with E-state index in [2.05, 4.69) is 5.32 Å². The van der Waals surface area contributed by atoms with Crippen molar-refractivity contribution in [3.63, 3.8) is 0 Å². The van der Waals surface area contributed by atoms with Gasteiger partial charge in [-0.2, -0.15) is 0 Å². The van der Waals surface area contributed by atoms with E-state index in [1.807, 2.05) is 30.3 Å². The highest BCUT2D eigenvalue weighted by Gasteiger charge is 1.94. The van der Waals surface area contributed by atoms with Gasteiger partial charge < -0.3 is 5.73 Å². The Morgan fingerprint density at radius 1 is 1.36 bits per heavy atom. The van der Waals surface area contributed by atoms with E-state index >= 15 is 0 Å². The number of hydrogen-bond donors (Lipinski definition) is 3. The largest absolute Gasteiger partial charge is 0.370 e. The van der Waals surface area contributed by atoms with E-state index < -0.39 is 5.91 Å². The normalized spacial score (nSPS) is 10.0. The van der Waals surface area contributed by atoms with E-state index in [1.165, 1.54) is 6.08 Å². The fraction of sp³-hybridized carbons (Fsp3) is 0. The van der Waals surface area contributed by atoms with Crippen LogP contribution in [0, 0.1) is 5.41 Å². The van der Waals surface area contributed by atoms with Gasteiger partial charge in [0, 0.05) is 6.08 Å². The molecule has 1 rings (SSSR count). The third kappa shape index (κ3) is 3.53. The zero-order chi connectivity index (χ0) is 10.4. The summed E-state index contributed by atoms with van der Waals surface area (Å²) in [5.41, 5.74) is 5.90. The zero-order valence-corrected chi connectivity index (χ0v) is 7.53. The highest BCUT2D eigenvalue weighted by atomic mass is 16.1. The molecular weight excluding hydrogens is 178 g/mol. The topological polar surface area (TPSA) is 79.0 Å². The van der Waals surface area contributed by atoms with Crippen LogP contribution < -0.4 is 11.1 Å². The van der Waals surface area contributed by atoms with Crippen molar-refractivity contribution in [2.24, 2.45) is 5.73 Å². The van der Waals surface area contributed by atoms with Crippen LogP contribution in [-0.4, -0.2) is 11.9 Å². The average Bonchev–Trinajstić information content (AvgIpc) is 2.15. The van der Waals surface area contributed by atoms with Crippen LogP contribution in [0.3, 0.4) is 0 Å². The molecule has 0 aliphatic carbocycles. The Morgan fingerprint density at radius 2 is 2.00 bits per heavy atom. The molecule has 0 atom stereocenters. The smallest absolute Gasteiger partial charge is 0.250 e. The number of rotatable bonds is 2. The van der Waals surface area contributed by atoms with Crippen LogP contribution in [0.5, 0.6) is 0 Å². The van der Waals surface area contributed by atoms with E-state index in [1.54, 1.807) is 6.08 Å². The summed E-state index contributed by atoms with van der Waals surface area (Å²) >= 11 is 0. The summed E-state index contributed by atoms with van der Waals surface area (Å²) in [6, 6.07) is 9.40. The van der Waals surface area contributed by atoms with Gasteiger partial charge in [-0.1, -0.05) is 30.3 Å². The van der Waals surface area contributed by atoms with Gasteiger partial charge >= 0.3 is 0 Å². The minimum absolute atomic E-state index is 0.354. The summed E-state index contributed by atoms with van der Waals surface area (Å²) in [7, 11) is 0. The quantitative estimate of drug-likeness (QED) is 0.364. The summed E-state index contributed by atoms with van der Waals surface area (Å²) < 4.78 is 0. The number of nitrogens with one attached hydrogen (secondary N) is 2. The first kappa shape index (κ1) is 9.98. The molecule has 0 bridgehead atoms. The van der Waals surface area contributed by atoms with E-state index in [9.17, 15) is 4.79 Å². The van der Waals surface area contributed by atoms with Crippen molar-refractivity contribution in [1.82, 2.24) is 5.32 Å². The summed E-state index contributed by atoms with van der Waals surface area (Å²) in [4.78, 5) is 11.0. The molecule has 0 saturated carbocycles. The Labute approximate surface area is 81.9 Å². The third-order valence-corrected chi connectivity index (χ3v) is 1.48. The summed E-state index contributed by atoms with van der Waals surface area (Å²) in [6.07, 6.45) is 2.98. The second kappa shape index (κ2) is 4.81. The maximum Gasteiger partial charge on any atom is 0.250 e. The van der Waals surface area contributed by atoms with Crippen LogP contribution in [0.25, 0.3) is 6.08 Å². The fourth-order valence-corrected chi connectivity index (χ4v) is 0.910. The van der Waals surface area contributed by atoms with Gasteiger partial charge in [-0.25, -0.2) is 0 Å². The van der Waals surface area contributed by atoms with Crippen LogP contribution in [0.15, 0.2) is 36.4 Å². The minimum Gasteiger partial charge on any atom is -0.370 e. The van der Waals surface area contributed by atoms with Crippen LogP contribution in [-0.2, 0) is 4.79 Å². The lowest BCUT2D eigenvalue weighted by molar-refractivity contribution is -0.115. The fourth-order valence-electron chi connectivity index (χ4n) is 0.910. The Balaban J connectivity index is 2.56. The molecule has 4 nitrogen and oxygen atoms in total. The highest BCUT2D eigenvalue weighted by molar-refractivity contribution is 6.02. The molecule has 0 spiro atoms. The average molecular weight is 189 g/mol. The summed E-state index contributed by atoms with van der Waals surface area (Å²) in [5, 5.41) is 8.97. The lowest BCUT2D eigenvalue weighted by atomic mass is 10.2. The molecule has 0 aliphatic heterocycles. The Morgan fingerprint density at radius 3 is 2.57 bits per heavy atom. The molecule has 0 aromatic heterocycles. The maximum atomic E-state index is 11.0. The van der Waals surface area contributed by atoms with Crippen LogP contribution in [0.1, 0.15) is 5.56 Å². The van der Waals surface area contributed by atoms with Crippen molar-refractivity contribution in [3.05, 3.63) is 42.0 Å². The van der Waals surface area contributed by atoms with E-state index in [0.717, 1.165) is 5.56 Å². The second-order valence-electron chi connectivity index (χ2n) is 2.65. The predicted octanol–water partition coefficient (Wildman–Crippen LogP) is 0.709. The van der Waals surface area contributed by atoms with Crippen LogP contribution in [0.2, 0.25) is 0 Å². The number of nitrogens with two attached hydrogens (primary N) is 1. The van der Waals surface area contributed by atoms with Gasteiger partial charge in [0.1, 0.15) is 0 Å². The molecule has 14 heavy (non-hydrogen) atoms. The molecule has 0 radical (unpaired) electrons. The molecule has 0 heterocycles. The number of hydrogen-bond acceptors (Lipinski definition) is 2. The molecule has 72 valence electrons. The first-order valence-electron chi connectivity index (χ1n) is 4.06. The van der Waals surface area contributed by atoms with E-state index in [0.29, 0.717) is 0 Å². The maximum absolute atomic E-state index is 11.0. The van der Waals surface area contributed by atoms with Gasteiger partial charge in [-0.15, -0.1) is 0 Å².